The number of hydrogen-bond donors (Lipinski definition) is 3. The van der Waals surface area contributed by atoms with Crippen LogP contribution in [0, 0.1) is 0 Å². The van der Waals surface area contributed by atoms with E-state index in [2.05, 4.69) is 5.32 Å². The highest BCUT2D eigenvalue weighted by Crippen LogP contribution is 2.28. The first-order valence-electron chi connectivity index (χ1n) is 7.06. The second-order valence-electron chi connectivity index (χ2n) is 4.98. The van der Waals surface area contributed by atoms with E-state index in [1.165, 1.54) is 25.3 Å². The van der Waals surface area contributed by atoms with Gasteiger partial charge in [0, 0.05) is 11.3 Å². The summed E-state index contributed by atoms with van der Waals surface area (Å²) < 4.78 is 29.2. The van der Waals surface area contributed by atoms with Gasteiger partial charge < -0.3 is 20.9 Å². The first-order chi connectivity index (χ1) is 11.4. The molecule has 2 aromatic rings. The maximum Gasteiger partial charge on any atom is 0.255 e. The molecule has 0 unspecified atom stereocenters. The molecular weight excluding hydrogens is 332 g/mol. The van der Waals surface area contributed by atoms with E-state index in [-0.39, 0.29) is 10.6 Å². The van der Waals surface area contributed by atoms with Gasteiger partial charge in [-0.2, -0.15) is 0 Å². The Labute approximate surface area is 140 Å². The Bertz CT molecular complexity index is 832. The van der Waals surface area contributed by atoms with Gasteiger partial charge in [0.15, 0.2) is 9.84 Å². The van der Waals surface area contributed by atoms with E-state index in [9.17, 15) is 13.2 Å². The number of amides is 1. The molecule has 0 aliphatic rings. The SMILES string of the molecule is COc1ccc(S(=O)(=O)CCO)cc1NC(=O)c1ccc(N)cc1. The van der Waals surface area contributed by atoms with Crippen LogP contribution in [0.15, 0.2) is 47.4 Å². The highest BCUT2D eigenvalue weighted by atomic mass is 32.2. The summed E-state index contributed by atoms with van der Waals surface area (Å²) in [7, 11) is -2.22. The summed E-state index contributed by atoms with van der Waals surface area (Å²) in [5, 5.41) is 11.5. The van der Waals surface area contributed by atoms with Gasteiger partial charge in [0.2, 0.25) is 0 Å². The number of aliphatic hydroxyl groups excluding tert-OH is 1. The van der Waals surface area contributed by atoms with E-state index in [1.54, 1.807) is 24.3 Å². The summed E-state index contributed by atoms with van der Waals surface area (Å²) in [4.78, 5) is 12.3. The lowest BCUT2D eigenvalue weighted by Gasteiger charge is -2.12. The van der Waals surface area contributed by atoms with Crippen LogP contribution in [-0.2, 0) is 9.84 Å². The number of methoxy groups -OCH3 is 1. The van der Waals surface area contributed by atoms with Gasteiger partial charge in [0.05, 0.1) is 30.1 Å². The summed E-state index contributed by atoms with van der Waals surface area (Å²) in [5.74, 6) is -0.503. The lowest BCUT2D eigenvalue weighted by Crippen LogP contribution is -2.14. The number of sulfone groups is 1. The van der Waals surface area contributed by atoms with Crippen LogP contribution in [0.1, 0.15) is 10.4 Å². The van der Waals surface area contributed by atoms with Crippen molar-refractivity contribution in [1.29, 1.82) is 0 Å². The number of ether oxygens (including phenoxy) is 1. The number of anilines is 2. The summed E-state index contributed by atoms with van der Waals surface area (Å²) in [6.45, 7) is -0.485. The molecule has 24 heavy (non-hydrogen) atoms. The molecule has 2 rings (SSSR count). The van der Waals surface area contributed by atoms with Crippen molar-refractivity contribution in [2.75, 3.05) is 30.5 Å². The van der Waals surface area contributed by atoms with Gasteiger partial charge >= 0.3 is 0 Å². The number of aliphatic hydroxyl groups is 1. The quantitative estimate of drug-likeness (QED) is 0.676. The zero-order valence-corrected chi connectivity index (χ0v) is 13.8. The Morgan fingerprint density at radius 2 is 1.88 bits per heavy atom. The molecule has 4 N–H and O–H groups in total. The molecule has 7 nitrogen and oxygen atoms in total. The molecule has 0 atom stereocenters. The number of benzene rings is 2. The van der Waals surface area contributed by atoms with Gasteiger partial charge in [-0.05, 0) is 42.5 Å². The number of rotatable bonds is 6. The molecule has 0 aromatic heterocycles. The van der Waals surface area contributed by atoms with Crippen molar-refractivity contribution < 1.29 is 23.1 Å². The second kappa shape index (κ2) is 7.33. The van der Waals surface area contributed by atoms with E-state index < -0.39 is 28.1 Å². The van der Waals surface area contributed by atoms with Crippen LogP contribution in [0.25, 0.3) is 0 Å². The maximum atomic E-state index is 12.3. The topological polar surface area (TPSA) is 119 Å². The number of nitrogens with one attached hydrogen (secondary N) is 1. The molecular formula is C16H18N2O5S. The highest BCUT2D eigenvalue weighted by molar-refractivity contribution is 7.91. The summed E-state index contributed by atoms with van der Waals surface area (Å²) in [5.41, 5.74) is 6.70. The second-order valence-corrected chi connectivity index (χ2v) is 7.09. The third-order valence-electron chi connectivity index (χ3n) is 3.31. The van der Waals surface area contributed by atoms with Crippen LogP contribution in [-0.4, -0.2) is 38.9 Å². The number of nitrogen functional groups attached to an aromatic ring is 1. The van der Waals surface area contributed by atoms with Crippen molar-refractivity contribution in [1.82, 2.24) is 0 Å². The van der Waals surface area contributed by atoms with E-state index in [0.29, 0.717) is 17.0 Å². The first kappa shape index (κ1) is 17.8. The minimum atomic E-state index is -3.64. The van der Waals surface area contributed by atoms with E-state index in [4.69, 9.17) is 15.6 Å². The molecule has 0 radical (unpaired) electrons. The van der Waals surface area contributed by atoms with E-state index >= 15 is 0 Å². The molecule has 8 heteroatoms. The lowest BCUT2D eigenvalue weighted by molar-refractivity contribution is 0.102. The summed E-state index contributed by atoms with van der Waals surface area (Å²) in [6, 6.07) is 10.4. The zero-order chi connectivity index (χ0) is 17.7. The van der Waals surface area contributed by atoms with Crippen LogP contribution in [0.5, 0.6) is 5.75 Å². The summed E-state index contributed by atoms with van der Waals surface area (Å²) >= 11 is 0. The van der Waals surface area contributed by atoms with Crippen LogP contribution in [0.3, 0.4) is 0 Å². The Balaban J connectivity index is 2.34. The van der Waals surface area contributed by atoms with Gasteiger partial charge in [-0.3, -0.25) is 4.79 Å². The van der Waals surface area contributed by atoms with Gasteiger partial charge in [-0.15, -0.1) is 0 Å². The van der Waals surface area contributed by atoms with Crippen LogP contribution in [0.4, 0.5) is 11.4 Å². The van der Waals surface area contributed by atoms with Crippen LogP contribution >= 0.6 is 0 Å². The number of hydrogen-bond acceptors (Lipinski definition) is 6. The Morgan fingerprint density at radius 1 is 1.21 bits per heavy atom. The van der Waals surface area contributed by atoms with Crippen LogP contribution < -0.4 is 15.8 Å². The standard InChI is InChI=1S/C16H18N2O5S/c1-23-15-7-6-13(24(21,22)9-8-19)10-14(15)18-16(20)11-2-4-12(17)5-3-11/h2-7,10,19H,8-9,17H2,1H3,(H,18,20). The number of nitrogens with two attached hydrogens (primary N) is 1. The molecule has 128 valence electrons. The molecule has 0 fully saturated rings. The fraction of sp³-hybridized carbons (Fsp3) is 0.188. The molecule has 2 aromatic carbocycles. The van der Waals surface area contributed by atoms with Gasteiger partial charge in [-0.1, -0.05) is 0 Å². The van der Waals surface area contributed by atoms with Gasteiger partial charge in [0.25, 0.3) is 5.91 Å². The molecule has 0 heterocycles. The predicted molar refractivity (Wildman–Crippen MR) is 90.9 cm³/mol. The zero-order valence-electron chi connectivity index (χ0n) is 13.0. The van der Waals surface area contributed by atoms with E-state index in [1.807, 2.05) is 0 Å². The third kappa shape index (κ3) is 4.03. The van der Waals surface area contributed by atoms with Gasteiger partial charge in [-0.25, -0.2) is 8.42 Å². The minimum Gasteiger partial charge on any atom is -0.495 e. The molecule has 0 saturated carbocycles. The smallest absolute Gasteiger partial charge is 0.255 e. The van der Waals surface area contributed by atoms with Crippen molar-refractivity contribution in [2.45, 2.75) is 4.90 Å². The fourth-order valence-electron chi connectivity index (χ4n) is 2.05. The van der Waals surface area contributed by atoms with Crippen molar-refractivity contribution in [3.05, 3.63) is 48.0 Å². The average molecular weight is 350 g/mol. The largest absolute Gasteiger partial charge is 0.495 e. The minimum absolute atomic E-state index is 0.00930. The van der Waals surface area contributed by atoms with Crippen LogP contribution in [0.2, 0.25) is 0 Å². The van der Waals surface area contributed by atoms with Crippen molar-refractivity contribution >= 4 is 27.1 Å². The molecule has 0 aliphatic heterocycles. The van der Waals surface area contributed by atoms with Crippen molar-refractivity contribution in [2.24, 2.45) is 0 Å². The maximum absolute atomic E-state index is 12.3. The summed E-state index contributed by atoms with van der Waals surface area (Å²) in [6.07, 6.45) is 0. The average Bonchev–Trinajstić information content (AvgIpc) is 2.55. The first-order valence-corrected chi connectivity index (χ1v) is 8.71. The predicted octanol–water partition coefficient (Wildman–Crippen LogP) is 1.30. The normalized spacial score (nSPS) is 11.1. The van der Waals surface area contributed by atoms with E-state index in [0.717, 1.165) is 0 Å². The molecule has 0 saturated heterocycles. The Morgan fingerprint density at radius 3 is 2.46 bits per heavy atom. The number of carbonyl (C=O) groups is 1. The van der Waals surface area contributed by atoms with Crippen molar-refractivity contribution in [3.8, 4) is 5.75 Å². The number of carbonyl (C=O) groups excluding carboxylic acids is 1. The third-order valence-corrected chi connectivity index (χ3v) is 5.00. The fourth-order valence-corrected chi connectivity index (χ4v) is 3.09. The van der Waals surface area contributed by atoms with Gasteiger partial charge in [0.1, 0.15) is 5.75 Å². The van der Waals surface area contributed by atoms with Crippen molar-refractivity contribution in [3.63, 3.8) is 0 Å². The monoisotopic (exact) mass is 350 g/mol. The molecule has 0 aliphatic carbocycles. The molecule has 1 amide bonds. The molecule has 0 bridgehead atoms. The lowest BCUT2D eigenvalue weighted by atomic mass is 10.2. The highest BCUT2D eigenvalue weighted by Gasteiger charge is 2.17. The Hall–Kier alpha value is -2.58. The Kier molecular flexibility index (Phi) is 5.42. The molecule has 0 spiro atoms.